The van der Waals surface area contributed by atoms with Crippen LogP contribution < -0.4 is 0 Å². The first-order valence-electron chi connectivity index (χ1n) is 5.72. The number of nitrogens with zero attached hydrogens (tertiary/aromatic N) is 5. The number of benzene rings is 2. The molecule has 0 spiro atoms. The molecule has 2 aromatic rings. The van der Waals surface area contributed by atoms with Crippen LogP contribution in [0.4, 0.5) is 11.4 Å². The highest BCUT2D eigenvalue weighted by atomic mass is 35.5. The van der Waals surface area contributed by atoms with E-state index in [2.05, 4.69) is 20.7 Å². The predicted molar refractivity (Wildman–Crippen MR) is 79.7 cm³/mol. The molecule has 20 heavy (non-hydrogen) atoms. The van der Waals surface area contributed by atoms with Crippen molar-refractivity contribution in [3.05, 3.63) is 58.6 Å². The van der Waals surface area contributed by atoms with Crippen molar-refractivity contribution in [1.29, 1.82) is 0 Å². The van der Waals surface area contributed by atoms with Gasteiger partial charge in [0, 0.05) is 10.0 Å². The molecule has 0 bridgehead atoms. The average molecular weight is 308 g/mol. The Kier molecular flexibility index (Phi) is 5.03. The highest BCUT2D eigenvalue weighted by molar-refractivity contribution is 6.30. The predicted octanol–water partition coefficient (Wildman–Crippen LogP) is 5.62. The normalized spacial score (nSPS) is 11.3. The van der Waals surface area contributed by atoms with Crippen molar-refractivity contribution in [2.24, 2.45) is 20.7 Å². The van der Waals surface area contributed by atoms with Gasteiger partial charge in [0.2, 0.25) is 0 Å². The summed E-state index contributed by atoms with van der Waals surface area (Å²) < 4.78 is 0. The third kappa shape index (κ3) is 4.60. The Morgan fingerprint density at radius 2 is 1.05 bits per heavy atom. The van der Waals surface area contributed by atoms with Crippen molar-refractivity contribution in [2.45, 2.75) is 0 Å². The average Bonchev–Trinajstić information content (AvgIpc) is 2.46. The van der Waals surface area contributed by atoms with Gasteiger partial charge in [-0.2, -0.15) is 5.12 Å². The number of halogens is 2. The number of hydrogen-bond acceptors (Lipinski definition) is 4. The van der Waals surface area contributed by atoms with Gasteiger partial charge in [0.25, 0.3) is 0 Å². The lowest BCUT2D eigenvalue weighted by molar-refractivity contribution is 0.329. The summed E-state index contributed by atoms with van der Waals surface area (Å²) in [7, 11) is 1.64. The van der Waals surface area contributed by atoms with E-state index < -0.39 is 0 Å². The maximum absolute atomic E-state index is 5.78. The molecule has 0 atom stereocenters. The molecule has 0 N–H and O–H groups in total. The van der Waals surface area contributed by atoms with Crippen LogP contribution in [0.3, 0.4) is 0 Å². The molecule has 0 heterocycles. The Hall–Kier alpha value is -1.98. The van der Waals surface area contributed by atoms with E-state index in [1.165, 1.54) is 5.12 Å². The lowest BCUT2D eigenvalue weighted by Crippen LogP contribution is -1.97. The van der Waals surface area contributed by atoms with E-state index in [0.717, 1.165) is 0 Å². The summed E-state index contributed by atoms with van der Waals surface area (Å²) in [6.45, 7) is 0. The number of hydrogen-bond donors (Lipinski definition) is 0. The van der Waals surface area contributed by atoms with Crippen molar-refractivity contribution >= 4 is 34.6 Å². The van der Waals surface area contributed by atoms with Gasteiger partial charge < -0.3 is 0 Å². The first-order valence-corrected chi connectivity index (χ1v) is 6.47. The molecular weight excluding hydrogens is 297 g/mol. The van der Waals surface area contributed by atoms with Gasteiger partial charge in [-0.15, -0.1) is 10.2 Å². The monoisotopic (exact) mass is 307 g/mol. The van der Waals surface area contributed by atoms with Crippen LogP contribution in [0.15, 0.2) is 69.2 Å². The molecule has 0 saturated heterocycles. The SMILES string of the molecule is CN(N=Nc1ccc(Cl)cc1)N=Nc1ccc(Cl)cc1. The van der Waals surface area contributed by atoms with Gasteiger partial charge >= 0.3 is 0 Å². The van der Waals surface area contributed by atoms with Gasteiger partial charge in [0.15, 0.2) is 0 Å². The van der Waals surface area contributed by atoms with Gasteiger partial charge in [0.05, 0.1) is 18.4 Å². The zero-order valence-electron chi connectivity index (χ0n) is 10.6. The summed E-state index contributed by atoms with van der Waals surface area (Å²) in [4.78, 5) is 0. The van der Waals surface area contributed by atoms with Gasteiger partial charge in [-0.25, -0.2) is 0 Å². The summed E-state index contributed by atoms with van der Waals surface area (Å²) in [6, 6.07) is 14.0. The van der Waals surface area contributed by atoms with E-state index in [1.54, 1.807) is 55.6 Å². The molecule has 0 unspecified atom stereocenters. The van der Waals surface area contributed by atoms with E-state index in [-0.39, 0.29) is 0 Å². The second-order valence-electron chi connectivity index (χ2n) is 3.82. The molecule has 0 aliphatic heterocycles. The van der Waals surface area contributed by atoms with Crippen molar-refractivity contribution in [1.82, 2.24) is 5.12 Å². The molecule has 0 amide bonds. The molecule has 0 radical (unpaired) electrons. The van der Waals surface area contributed by atoms with Crippen LogP contribution in [-0.4, -0.2) is 12.2 Å². The van der Waals surface area contributed by atoms with Crippen LogP contribution in [0, 0.1) is 0 Å². The fourth-order valence-corrected chi connectivity index (χ4v) is 1.52. The van der Waals surface area contributed by atoms with Crippen molar-refractivity contribution < 1.29 is 0 Å². The molecule has 102 valence electrons. The fraction of sp³-hybridized carbons (Fsp3) is 0.0769. The molecule has 0 aromatic heterocycles. The van der Waals surface area contributed by atoms with Crippen LogP contribution in [0.2, 0.25) is 10.0 Å². The zero-order chi connectivity index (χ0) is 14.4. The van der Waals surface area contributed by atoms with E-state index in [0.29, 0.717) is 21.4 Å². The van der Waals surface area contributed by atoms with Gasteiger partial charge in [0.1, 0.15) is 0 Å². The van der Waals surface area contributed by atoms with E-state index >= 15 is 0 Å². The Morgan fingerprint density at radius 3 is 1.40 bits per heavy atom. The quantitative estimate of drug-likeness (QED) is 0.534. The highest BCUT2D eigenvalue weighted by Crippen LogP contribution is 2.18. The first-order chi connectivity index (χ1) is 9.63. The molecular formula is C13H11Cl2N5. The summed E-state index contributed by atoms with van der Waals surface area (Å²) in [5, 5.41) is 18.3. The minimum Gasteiger partial charge on any atom is -0.150 e. The highest BCUT2D eigenvalue weighted by Gasteiger charge is 1.93. The number of rotatable bonds is 4. The largest absolute Gasteiger partial charge is 0.150 e. The molecule has 0 saturated carbocycles. The Labute approximate surface area is 126 Å². The second kappa shape index (κ2) is 6.98. The Morgan fingerprint density at radius 1 is 0.700 bits per heavy atom. The van der Waals surface area contributed by atoms with Gasteiger partial charge in [-0.3, -0.25) is 0 Å². The summed E-state index contributed by atoms with van der Waals surface area (Å²) in [5.41, 5.74) is 1.37. The van der Waals surface area contributed by atoms with Gasteiger partial charge in [-0.05, 0) is 59.0 Å². The molecule has 0 aliphatic rings. The molecule has 2 rings (SSSR count). The molecule has 0 fully saturated rings. The van der Waals surface area contributed by atoms with E-state index in [4.69, 9.17) is 23.2 Å². The lowest BCUT2D eigenvalue weighted by atomic mass is 10.3. The molecule has 0 aliphatic carbocycles. The molecule has 7 heteroatoms. The molecule has 5 nitrogen and oxygen atoms in total. The third-order valence-electron chi connectivity index (χ3n) is 2.23. The van der Waals surface area contributed by atoms with Crippen LogP contribution in [0.5, 0.6) is 0 Å². The maximum atomic E-state index is 5.78. The Bertz CT molecular complexity index is 552. The minimum absolute atomic E-state index is 0.653. The van der Waals surface area contributed by atoms with Crippen molar-refractivity contribution in [3.63, 3.8) is 0 Å². The summed E-state index contributed by atoms with van der Waals surface area (Å²) >= 11 is 11.6. The lowest BCUT2D eigenvalue weighted by Gasteiger charge is -2.01. The summed E-state index contributed by atoms with van der Waals surface area (Å²) in [5.74, 6) is 0. The van der Waals surface area contributed by atoms with Crippen molar-refractivity contribution in [3.8, 4) is 0 Å². The first kappa shape index (κ1) is 14.4. The third-order valence-corrected chi connectivity index (χ3v) is 2.74. The second-order valence-corrected chi connectivity index (χ2v) is 4.69. The fourth-order valence-electron chi connectivity index (χ4n) is 1.27. The maximum Gasteiger partial charge on any atom is 0.0875 e. The summed E-state index contributed by atoms with van der Waals surface area (Å²) in [6.07, 6.45) is 0. The Balaban J connectivity index is 1.96. The van der Waals surface area contributed by atoms with Gasteiger partial charge in [-0.1, -0.05) is 23.2 Å². The van der Waals surface area contributed by atoms with E-state index in [9.17, 15) is 0 Å². The van der Waals surface area contributed by atoms with Crippen LogP contribution >= 0.6 is 23.2 Å². The minimum atomic E-state index is 0.653. The standard InChI is InChI=1S/C13H11Cl2N5/c1-20(18-16-12-6-2-10(14)3-7-12)19-17-13-8-4-11(15)5-9-13/h2-9H,1H3. The molecule has 2 aromatic carbocycles. The van der Waals surface area contributed by atoms with E-state index in [1.807, 2.05) is 0 Å². The van der Waals surface area contributed by atoms with Crippen LogP contribution in [0.1, 0.15) is 0 Å². The van der Waals surface area contributed by atoms with Crippen LogP contribution in [-0.2, 0) is 0 Å². The topological polar surface area (TPSA) is 52.7 Å². The van der Waals surface area contributed by atoms with Crippen LogP contribution in [0.25, 0.3) is 0 Å². The smallest absolute Gasteiger partial charge is 0.0875 e. The zero-order valence-corrected chi connectivity index (χ0v) is 12.1. The van der Waals surface area contributed by atoms with Crippen molar-refractivity contribution in [2.75, 3.05) is 7.05 Å².